The Morgan fingerprint density at radius 3 is 2.42 bits per heavy atom. The second-order valence-electron chi connectivity index (χ2n) is 3.99. The number of hydrogen-bond acceptors (Lipinski definition) is 5. The van der Waals surface area contributed by atoms with Crippen LogP contribution in [0.3, 0.4) is 0 Å². The monoisotopic (exact) mass is 285 g/mol. The fourth-order valence-electron chi connectivity index (χ4n) is 1.24. The van der Waals surface area contributed by atoms with Crippen LogP contribution in [0, 0.1) is 16.0 Å². The van der Waals surface area contributed by atoms with E-state index >= 15 is 0 Å². The highest BCUT2D eigenvalue weighted by atomic mass is 35.5. The molecule has 6 nitrogen and oxygen atoms in total. The van der Waals surface area contributed by atoms with Crippen LogP contribution < -0.4 is 0 Å². The van der Waals surface area contributed by atoms with Crippen molar-refractivity contribution in [3.05, 3.63) is 39.9 Å². The van der Waals surface area contributed by atoms with Gasteiger partial charge in [-0.05, 0) is 17.2 Å². The number of hydrogen-bond donors (Lipinski definition) is 0. The first-order chi connectivity index (χ1) is 8.90. The molecule has 1 unspecified atom stereocenters. The van der Waals surface area contributed by atoms with Crippen LogP contribution in [0.15, 0.2) is 24.3 Å². The summed E-state index contributed by atoms with van der Waals surface area (Å²) in [6, 6.07) is 5.59. The Morgan fingerprint density at radius 2 is 1.95 bits per heavy atom. The van der Waals surface area contributed by atoms with Gasteiger partial charge in [0.05, 0.1) is 17.3 Å². The molecule has 0 bridgehead atoms. The van der Waals surface area contributed by atoms with Crippen LogP contribution in [0.1, 0.15) is 12.5 Å². The van der Waals surface area contributed by atoms with E-state index in [0.29, 0.717) is 5.56 Å². The van der Waals surface area contributed by atoms with E-state index in [2.05, 4.69) is 0 Å². The minimum Gasteiger partial charge on any atom is -0.465 e. The number of benzene rings is 1. The molecule has 0 aliphatic heterocycles. The van der Waals surface area contributed by atoms with E-state index in [1.807, 2.05) is 0 Å². The highest BCUT2D eigenvalue weighted by molar-refractivity contribution is 6.63. The molecule has 0 fully saturated rings. The molecule has 1 atom stereocenters. The normalized spacial score (nSPS) is 11.7. The third-order valence-electron chi connectivity index (χ3n) is 2.38. The van der Waals surface area contributed by atoms with Gasteiger partial charge in [0, 0.05) is 12.1 Å². The van der Waals surface area contributed by atoms with E-state index in [1.165, 1.54) is 24.3 Å². The molecule has 0 aromatic heterocycles. The fourth-order valence-corrected chi connectivity index (χ4v) is 1.30. The van der Waals surface area contributed by atoms with Gasteiger partial charge in [-0.2, -0.15) is 0 Å². The van der Waals surface area contributed by atoms with E-state index in [4.69, 9.17) is 16.3 Å². The molecular formula is C12H12ClNO5. The van der Waals surface area contributed by atoms with E-state index in [1.54, 1.807) is 6.92 Å². The van der Waals surface area contributed by atoms with Gasteiger partial charge in [0.25, 0.3) is 5.69 Å². The topological polar surface area (TPSA) is 86.5 Å². The van der Waals surface area contributed by atoms with E-state index in [-0.39, 0.29) is 18.7 Å². The smallest absolute Gasteiger partial charge is 0.310 e. The maximum Gasteiger partial charge on any atom is 0.310 e. The minimum atomic E-state index is -0.567. The molecule has 102 valence electrons. The zero-order valence-corrected chi connectivity index (χ0v) is 10.9. The van der Waals surface area contributed by atoms with Crippen molar-refractivity contribution in [1.82, 2.24) is 0 Å². The predicted octanol–water partition coefficient (Wildman–Crippen LogP) is 2.08. The first-order valence-electron chi connectivity index (χ1n) is 5.48. The molecule has 0 amide bonds. The molecule has 1 rings (SSSR count). The molecule has 1 aromatic rings. The van der Waals surface area contributed by atoms with Crippen LogP contribution in [0.2, 0.25) is 0 Å². The first kappa shape index (κ1) is 15.1. The zero-order valence-electron chi connectivity index (χ0n) is 10.2. The largest absolute Gasteiger partial charge is 0.465 e. The molecule has 0 saturated heterocycles. The van der Waals surface area contributed by atoms with E-state index in [0.717, 1.165) is 0 Å². The molecule has 7 heteroatoms. The molecule has 0 aliphatic carbocycles. The van der Waals surface area contributed by atoms with Gasteiger partial charge in [-0.15, -0.1) is 0 Å². The molecule has 0 radical (unpaired) electrons. The Balaban J connectivity index is 2.48. The Bertz CT molecular complexity index is 485. The second kappa shape index (κ2) is 6.84. The summed E-state index contributed by atoms with van der Waals surface area (Å²) in [4.78, 5) is 32.1. The van der Waals surface area contributed by atoms with Crippen LogP contribution >= 0.6 is 11.6 Å². The lowest BCUT2D eigenvalue weighted by Crippen LogP contribution is -2.17. The Labute approximate surface area is 114 Å². The van der Waals surface area contributed by atoms with Crippen molar-refractivity contribution < 1.29 is 19.2 Å². The summed E-state index contributed by atoms with van der Waals surface area (Å²) < 4.78 is 4.87. The molecule has 0 spiro atoms. The van der Waals surface area contributed by atoms with E-state index in [9.17, 15) is 19.7 Å². The molecule has 0 N–H and O–H groups in total. The Hall–Kier alpha value is -1.95. The highest BCUT2D eigenvalue weighted by Crippen LogP contribution is 2.12. The molecule has 1 aromatic carbocycles. The lowest BCUT2D eigenvalue weighted by Gasteiger charge is -2.07. The number of nitro benzene ring substituents is 1. The molecule has 0 aliphatic rings. The van der Waals surface area contributed by atoms with Crippen molar-refractivity contribution in [2.24, 2.45) is 5.92 Å². The maximum absolute atomic E-state index is 11.4. The lowest BCUT2D eigenvalue weighted by molar-refractivity contribution is -0.384. The van der Waals surface area contributed by atoms with Crippen molar-refractivity contribution >= 4 is 28.5 Å². The van der Waals surface area contributed by atoms with E-state index < -0.39 is 22.1 Å². The number of non-ortho nitro benzene ring substituents is 1. The van der Waals surface area contributed by atoms with Crippen LogP contribution in [0.4, 0.5) is 5.69 Å². The summed E-state index contributed by atoms with van der Waals surface area (Å²) in [5.74, 6) is -1.07. The van der Waals surface area contributed by atoms with Gasteiger partial charge in [-0.25, -0.2) is 0 Å². The number of ether oxygens (including phenoxy) is 1. The Morgan fingerprint density at radius 1 is 1.37 bits per heavy atom. The number of nitrogens with zero attached hydrogens (tertiary/aromatic N) is 1. The average molecular weight is 286 g/mol. The number of carbonyl (C=O) groups excluding carboxylic acids is 2. The van der Waals surface area contributed by atoms with Gasteiger partial charge in [-0.1, -0.05) is 19.1 Å². The number of halogens is 1. The highest BCUT2D eigenvalue weighted by Gasteiger charge is 2.13. The molecular weight excluding hydrogens is 274 g/mol. The summed E-state index contributed by atoms with van der Waals surface area (Å²) >= 11 is 5.22. The summed E-state index contributed by atoms with van der Waals surface area (Å²) in [7, 11) is 0. The lowest BCUT2D eigenvalue weighted by atomic mass is 10.1. The molecule has 0 saturated carbocycles. The van der Waals surface area contributed by atoms with Gasteiger partial charge in [-0.3, -0.25) is 19.7 Å². The zero-order chi connectivity index (χ0) is 14.4. The summed E-state index contributed by atoms with van der Waals surface area (Å²) in [5.41, 5.74) is 0.555. The molecule has 0 heterocycles. The average Bonchev–Trinajstić information content (AvgIpc) is 2.36. The Kier molecular flexibility index (Phi) is 5.44. The van der Waals surface area contributed by atoms with Gasteiger partial charge in [0.1, 0.15) is 6.61 Å². The van der Waals surface area contributed by atoms with Crippen LogP contribution in [-0.4, -0.2) is 22.7 Å². The molecule has 19 heavy (non-hydrogen) atoms. The minimum absolute atomic E-state index is 0.0127. The third kappa shape index (κ3) is 5.05. The number of carbonyl (C=O) groups is 2. The van der Waals surface area contributed by atoms with Gasteiger partial charge in [0.15, 0.2) is 0 Å². The number of nitro groups is 1. The number of esters is 1. The van der Waals surface area contributed by atoms with Gasteiger partial charge in [0.2, 0.25) is 5.24 Å². The SMILES string of the molecule is CC(COC(=O)Cc1ccc([N+](=O)[O-])cc1)C(=O)Cl. The van der Waals surface area contributed by atoms with Crippen molar-refractivity contribution in [2.45, 2.75) is 13.3 Å². The summed E-state index contributed by atoms with van der Waals surface area (Å²) in [6.45, 7) is 1.47. The fraction of sp³-hybridized carbons (Fsp3) is 0.333. The third-order valence-corrected chi connectivity index (χ3v) is 2.75. The van der Waals surface area contributed by atoms with Crippen molar-refractivity contribution in [2.75, 3.05) is 6.61 Å². The van der Waals surface area contributed by atoms with Gasteiger partial charge < -0.3 is 4.74 Å². The summed E-state index contributed by atoms with van der Waals surface area (Å²) in [5, 5.41) is 9.88. The van der Waals surface area contributed by atoms with Crippen LogP contribution in [0.25, 0.3) is 0 Å². The first-order valence-corrected chi connectivity index (χ1v) is 5.86. The van der Waals surface area contributed by atoms with Crippen molar-refractivity contribution in [3.63, 3.8) is 0 Å². The van der Waals surface area contributed by atoms with Crippen LogP contribution in [0.5, 0.6) is 0 Å². The second-order valence-corrected chi connectivity index (χ2v) is 4.36. The quantitative estimate of drug-likeness (QED) is 0.346. The van der Waals surface area contributed by atoms with Crippen molar-refractivity contribution in [3.8, 4) is 0 Å². The van der Waals surface area contributed by atoms with Gasteiger partial charge >= 0.3 is 5.97 Å². The summed E-state index contributed by atoms with van der Waals surface area (Å²) in [6.07, 6.45) is -0.0127. The van der Waals surface area contributed by atoms with Crippen molar-refractivity contribution in [1.29, 1.82) is 0 Å². The van der Waals surface area contributed by atoms with Crippen LogP contribution in [-0.2, 0) is 20.7 Å². The maximum atomic E-state index is 11.4. The standard InChI is InChI=1S/C12H12ClNO5/c1-8(12(13)16)7-19-11(15)6-9-2-4-10(5-3-9)14(17)18/h2-5,8H,6-7H2,1H3. The number of rotatable bonds is 6. The predicted molar refractivity (Wildman–Crippen MR) is 67.8 cm³/mol.